The van der Waals surface area contributed by atoms with Crippen LogP contribution in [0.25, 0.3) is 0 Å². The van der Waals surface area contributed by atoms with Crippen molar-refractivity contribution in [2.75, 3.05) is 5.75 Å². The SMILES string of the molecule is CCCCC(CC)C(C)C(CCC)C1CC1CS. The van der Waals surface area contributed by atoms with Gasteiger partial charge in [-0.3, -0.25) is 0 Å². The molecule has 0 heterocycles. The summed E-state index contributed by atoms with van der Waals surface area (Å²) in [6.07, 6.45) is 9.86. The fraction of sp³-hybridized carbons (Fsp3) is 1.00. The Morgan fingerprint density at radius 2 is 1.83 bits per heavy atom. The highest BCUT2D eigenvalue weighted by Gasteiger charge is 2.44. The average Bonchev–Trinajstić information content (AvgIpc) is 3.15. The van der Waals surface area contributed by atoms with Gasteiger partial charge < -0.3 is 0 Å². The maximum absolute atomic E-state index is 4.50. The number of thiol groups is 1. The monoisotopic (exact) mass is 270 g/mol. The van der Waals surface area contributed by atoms with Crippen molar-refractivity contribution >= 4 is 12.6 Å². The molecule has 0 spiro atoms. The van der Waals surface area contributed by atoms with Crippen molar-refractivity contribution in [2.24, 2.45) is 29.6 Å². The van der Waals surface area contributed by atoms with Crippen LogP contribution in [0, 0.1) is 29.6 Å². The van der Waals surface area contributed by atoms with Gasteiger partial charge >= 0.3 is 0 Å². The molecule has 0 amide bonds. The Kier molecular flexibility index (Phi) is 7.75. The van der Waals surface area contributed by atoms with Crippen LogP contribution >= 0.6 is 12.6 Å². The fourth-order valence-electron chi connectivity index (χ4n) is 3.86. The fourth-order valence-corrected chi connectivity index (χ4v) is 4.28. The van der Waals surface area contributed by atoms with Crippen LogP contribution in [0.2, 0.25) is 0 Å². The first-order chi connectivity index (χ1) is 8.69. The second-order valence-corrected chi connectivity index (χ2v) is 6.83. The number of hydrogen-bond acceptors (Lipinski definition) is 1. The third kappa shape index (κ3) is 4.47. The number of rotatable bonds is 10. The summed E-state index contributed by atoms with van der Waals surface area (Å²) < 4.78 is 0. The van der Waals surface area contributed by atoms with E-state index >= 15 is 0 Å². The highest BCUT2D eigenvalue weighted by molar-refractivity contribution is 7.80. The second-order valence-electron chi connectivity index (χ2n) is 6.46. The van der Waals surface area contributed by atoms with Gasteiger partial charge in [-0.1, -0.05) is 66.2 Å². The van der Waals surface area contributed by atoms with Crippen molar-refractivity contribution in [3.63, 3.8) is 0 Å². The molecule has 0 aromatic rings. The predicted octanol–water partition coefficient (Wildman–Crippen LogP) is 5.82. The molecule has 18 heavy (non-hydrogen) atoms. The molecule has 1 fully saturated rings. The highest BCUT2D eigenvalue weighted by Crippen LogP contribution is 2.51. The Bertz CT molecular complexity index is 214. The maximum Gasteiger partial charge on any atom is -0.00666 e. The van der Waals surface area contributed by atoms with Gasteiger partial charge in [0.05, 0.1) is 0 Å². The third-order valence-electron chi connectivity index (χ3n) is 5.26. The van der Waals surface area contributed by atoms with E-state index in [1.807, 2.05) is 0 Å². The summed E-state index contributed by atoms with van der Waals surface area (Å²) in [5.74, 6) is 5.93. The summed E-state index contributed by atoms with van der Waals surface area (Å²) >= 11 is 4.50. The summed E-state index contributed by atoms with van der Waals surface area (Å²) in [5.41, 5.74) is 0. The summed E-state index contributed by atoms with van der Waals surface area (Å²) in [6, 6.07) is 0. The molecular formula is C17H34S. The molecule has 1 saturated carbocycles. The summed E-state index contributed by atoms with van der Waals surface area (Å²) in [6.45, 7) is 9.60. The molecule has 0 radical (unpaired) electrons. The van der Waals surface area contributed by atoms with E-state index in [0.29, 0.717) is 0 Å². The second kappa shape index (κ2) is 8.51. The Morgan fingerprint density at radius 1 is 1.11 bits per heavy atom. The highest BCUT2D eigenvalue weighted by atomic mass is 32.1. The van der Waals surface area contributed by atoms with Crippen LogP contribution in [0.15, 0.2) is 0 Å². The van der Waals surface area contributed by atoms with E-state index in [9.17, 15) is 0 Å². The molecule has 108 valence electrons. The molecule has 0 aromatic carbocycles. The van der Waals surface area contributed by atoms with Gasteiger partial charge in [0.2, 0.25) is 0 Å². The quantitative estimate of drug-likeness (QED) is 0.475. The van der Waals surface area contributed by atoms with E-state index in [0.717, 1.165) is 35.3 Å². The van der Waals surface area contributed by atoms with Crippen LogP contribution in [-0.2, 0) is 0 Å². The van der Waals surface area contributed by atoms with Crippen molar-refractivity contribution in [1.29, 1.82) is 0 Å². The minimum Gasteiger partial charge on any atom is -0.179 e. The number of hydrogen-bond donors (Lipinski definition) is 1. The van der Waals surface area contributed by atoms with Crippen LogP contribution in [0.5, 0.6) is 0 Å². The lowest BCUT2D eigenvalue weighted by Crippen LogP contribution is -2.23. The zero-order chi connectivity index (χ0) is 13.5. The van der Waals surface area contributed by atoms with Gasteiger partial charge in [0.25, 0.3) is 0 Å². The predicted molar refractivity (Wildman–Crippen MR) is 86.3 cm³/mol. The zero-order valence-corrected chi connectivity index (χ0v) is 13.9. The molecule has 0 nitrogen and oxygen atoms in total. The topological polar surface area (TPSA) is 0 Å². The molecular weight excluding hydrogens is 236 g/mol. The first kappa shape index (κ1) is 16.4. The average molecular weight is 271 g/mol. The van der Waals surface area contributed by atoms with Crippen LogP contribution in [-0.4, -0.2) is 5.75 Å². The van der Waals surface area contributed by atoms with Crippen LogP contribution < -0.4 is 0 Å². The lowest BCUT2D eigenvalue weighted by molar-refractivity contribution is 0.187. The van der Waals surface area contributed by atoms with Crippen LogP contribution in [0.4, 0.5) is 0 Å². The van der Waals surface area contributed by atoms with Gasteiger partial charge in [-0.05, 0) is 41.8 Å². The van der Waals surface area contributed by atoms with Gasteiger partial charge in [0, 0.05) is 0 Å². The molecule has 5 atom stereocenters. The third-order valence-corrected chi connectivity index (χ3v) is 5.72. The van der Waals surface area contributed by atoms with E-state index in [2.05, 4.69) is 40.3 Å². The minimum atomic E-state index is 0.927. The van der Waals surface area contributed by atoms with Crippen molar-refractivity contribution in [3.8, 4) is 0 Å². The van der Waals surface area contributed by atoms with Gasteiger partial charge in [-0.25, -0.2) is 0 Å². The normalized spacial score (nSPS) is 27.8. The van der Waals surface area contributed by atoms with Crippen molar-refractivity contribution in [1.82, 2.24) is 0 Å². The molecule has 0 aromatic heterocycles. The summed E-state index contributed by atoms with van der Waals surface area (Å²) in [5, 5.41) is 0. The zero-order valence-electron chi connectivity index (χ0n) is 13.0. The Labute approximate surface area is 121 Å². The molecule has 1 heteroatoms. The summed E-state index contributed by atoms with van der Waals surface area (Å²) in [4.78, 5) is 0. The Morgan fingerprint density at radius 3 is 2.28 bits per heavy atom. The van der Waals surface area contributed by atoms with E-state index in [1.54, 1.807) is 0 Å². The molecule has 1 aliphatic rings. The molecule has 0 saturated heterocycles. The van der Waals surface area contributed by atoms with Gasteiger partial charge in [-0.2, -0.15) is 12.6 Å². The Hall–Kier alpha value is 0.350. The van der Waals surface area contributed by atoms with Crippen molar-refractivity contribution in [2.45, 2.75) is 72.6 Å². The smallest absolute Gasteiger partial charge is 0.00666 e. The minimum absolute atomic E-state index is 0.927. The van der Waals surface area contributed by atoms with Crippen molar-refractivity contribution < 1.29 is 0 Å². The molecule has 0 N–H and O–H groups in total. The van der Waals surface area contributed by atoms with Crippen molar-refractivity contribution in [3.05, 3.63) is 0 Å². The van der Waals surface area contributed by atoms with E-state index in [1.165, 1.54) is 44.9 Å². The first-order valence-corrected chi connectivity index (χ1v) is 8.93. The molecule has 1 aliphatic carbocycles. The summed E-state index contributed by atoms with van der Waals surface area (Å²) in [7, 11) is 0. The van der Waals surface area contributed by atoms with Crippen LogP contribution in [0.1, 0.15) is 72.6 Å². The van der Waals surface area contributed by atoms with E-state index in [-0.39, 0.29) is 0 Å². The number of unbranched alkanes of at least 4 members (excludes halogenated alkanes) is 1. The lowest BCUT2D eigenvalue weighted by atomic mass is 9.74. The van der Waals surface area contributed by atoms with Crippen LogP contribution in [0.3, 0.4) is 0 Å². The Balaban J connectivity index is 2.54. The standard InChI is InChI=1S/C17H34S/c1-5-8-10-14(7-3)13(4)16(9-6-2)17-11-15(17)12-18/h13-18H,5-12H2,1-4H3. The molecule has 1 rings (SSSR count). The first-order valence-electron chi connectivity index (χ1n) is 8.30. The largest absolute Gasteiger partial charge is 0.179 e. The molecule has 5 unspecified atom stereocenters. The maximum atomic E-state index is 4.50. The molecule has 0 bridgehead atoms. The van der Waals surface area contributed by atoms with Gasteiger partial charge in [-0.15, -0.1) is 0 Å². The van der Waals surface area contributed by atoms with Gasteiger partial charge in [0.1, 0.15) is 0 Å². The molecule has 0 aliphatic heterocycles. The van der Waals surface area contributed by atoms with E-state index < -0.39 is 0 Å². The van der Waals surface area contributed by atoms with Gasteiger partial charge in [0.15, 0.2) is 0 Å². The van der Waals surface area contributed by atoms with E-state index in [4.69, 9.17) is 0 Å². The lowest BCUT2D eigenvalue weighted by Gasteiger charge is -2.31.